The first-order valence-corrected chi connectivity index (χ1v) is 10.6. The van der Waals surface area contributed by atoms with Gasteiger partial charge in [-0.3, -0.25) is 4.57 Å². The van der Waals surface area contributed by atoms with Crippen LogP contribution in [0.25, 0.3) is 16.9 Å². The normalized spacial score (nSPS) is 11.6. The van der Waals surface area contributed by atoms with Crippen LogP contribution in [0.3, 0.4) is 0 Å². The summed E-state index contributed by atoms with van der Waals surface area (Å²) in [6.07, 6.45) is 3.78. The number of nitrogens with zero attached hydrogens (tertiary/aromatic N) is 4. The second kappa shape index (κ2) is 8.74. The molecule has 166 valence electrons. The highest BCUT2D eigenvalue weighted by atomic mass is 16.7. The van der Waals surface area contributed by atoms with Crippen molar-refractivity contribution >= 4 is 6.16 Å². The number of carbonyl (C=O) groups is 1. The zero-order valence-electron chi connectivity index (χ0n) is 18.3. The molecule has 5 rings (SSSR count). The molecule has 33 heavy (non-hydrogen) atoms. The van der Waals surface area contributed by atoms with Crippen LogP contribution in [0.2, 0.25) is 0 Å². The molecule has 2 aromatic carbocycles. The fraction of sp³-hybridized carbons (Fsp3) is 0.200. The number of benzene rings is 2. The van der Waals surface area contributed by atoms with Gasteiger partial charge in [-0.05, 0) is 30.7 Å². The maximum Gasteiger partial charge on any atom is 0.515 e. The first kappa shape index (κ1) is 20.7. The van der Waals surface area contributed by atoms with Gasteiger partial charge in [0.25, 0.3) is 0 Å². The summed E-state index contributed by atoms with van der Waals surface area (Å²) in [5, 5.41) is 0. The minimum Gasteiger partial charge on any atom is -0.497 e. The Bertz CT molecular complexity index is 1310. The number of hydrogen-bond acceptors (Lipinski definition) is 7. The van der Waals surface area contributed by atoms with E-state index in [0.717, 1.165) is 45.3 Å². The number of carbonyl (C=O) groups excluding carboxylic acids is 1. The second-order valence-corrected chi connectivity index (χ2v) is 7.53. The van der Waals surface area contributed by atoms with Gasteiger partial charge in [0, 0.05) is 30.2 Å². The number of rotatable bonds is 5. The van der Waals surface area contributed by atoms with Crippen molar-refractivity contribution in [2.75, 3.05) is 13.7 Å². The Labute approximate surface area is 190 Å². The molecule has 4 aromatic rings. The molecule has 2 aromatic heterocycles. The number of hydrogen-bond donors (Lipinski definition) is 0. The summed E-state index contributed by atoms with van der Waals surface area (Å²) < 4.78 is 17.4. The van der Waals surface area contributed by atoms with Gasteiger partial charge >= 0.3 is 6.16 Å². The minimum atomic E-state index is -0.775. The predicted molar refractivity (Wildman–Crippen MR) is 121 cm³/mol. The van der Waals surface area contributed by atoms with Crippen molar-refractivity contribution in [2.24, 2.45) is 0 Å². The fourth-order valence-electron chi connectivity index (χ4n) is 3.92. The molecule has 0 aliphatic carbocycles. The summed E-state index contributed by atoms with van der Waals surface area (Å²) in [7, 11) is 1.65. The number of para-hydroxylation sites is 1. The molecular weight excluding hydrogens is 420 g/mol. The third-order valence-electron chi connectivity index (χ3n) is 5.48. The van der Waals surface area contributed by atoms with Gasteiger partial charge in [-0.2, -0.15) is 0 Å². The van der Waals surface area contributed by atoms with Crippen molar-refractivity contribution < 1.29 is 19.0 Å². The molecule has 1 aliphatic rings. The summed E-state index contributed by atoms with van der Waals surface area (Å²) in [6.45, 7) is 1.95. The lowest BCUT2D eigenvalue weighted by molar-refractivity contribution is 0.102. The minimum absolute atomic E-state index is 0.221. The van der Waals surface area contributed by atoms with Crippen LogP contribution in [-0.2, 0) is 17.6 Å². The fourth-order valence-corrected chi connectivity index (χ4v) is 3.92. The number of methoxy groups -OCH3 is 1. The van der Waals surface area contributed by atoms with Crippen LogP contribution in [0.5, 0.6) is 11.6 Å². The Balaban J connectivity index is 1.54. The van der Waals surface area contributed by atoms with Crippen LogP contribution in [0.1, 0.15) is 29.6 Å². The molecule has 1 aliphatic heterocycles. The largest absolute Gasteiger partial charge is 0.515 e. The van der Waals surface area contributed by atoms with Gasteiger partial charge < -0.3 is 14.2 Å². The number of aromatic nitrogens is 4. The number of imidazole rings is 1. The van der Waals surface area contributed by atoms with Gasteiger partial charge in [0.15, 0.2) is 0 Å². The smallest absolute Gasteiger partial charge is 0.497 e. The molecular formula is C25H22N4O4. The van der Waals surface area contributed by atoms with Gasteiger partial charge in [0.05, 0.1) is 30.8 Å². The van der Waals surface area contributed by atoms with Crippen LogP contribution in [-0.4, -0.2) is 39.4 Å². The standard InChI is InChI=1S/C25H22N4O4/c1-3-32-25(30)33-24-21-13-17-14-26-22(12-16-8-10-18(31-2)11-9-16)28-23(17)19-6-4-5-7-20(19)29(21)15-27-24/h4-11,14-15H,3,12-13H2,1-2H3. The van der Waals surface area contributed by atoms with Crippen molar-refractivity contribution in [3.8, 4) is 28.6 Å². The Kier molecular flexibility index (Phi) is 5.48. The first-order chi connectivity index (χ1) is 16.2. The molecule has 0 bridgehead atoms. The average Bonchev–Trinajstić information content (AvgIpc) is 3.15. The van der Waals surface area contributed by atoms with Gasteiger partial charge in [-0.1, -0.05) is 30.3 Å². The Morgan fingerprint density at radius 1 is 1.09 bits per heavy atom. The lowest BCUT2D eigenvalue weighted by Gasteiger charge is -2.10. The van der Waals surface area contributed by atoms with E-state index in [1.54, 1.807) is 20.4 Å². The van der Waals surface area contributed by atoms with E-state index in [4.69, 9.17) is 19.2 Å². The highest BCUT2D eigenvalue weighted by molar-refractivity contribution is 5.75. The Morgan fingerprint density at radius 3 is 2.70 bits per heavy atom. The highest BCUT2D eigenvalue weighted by Gasteiger charge is 2.25. The van der Waals surface area contributed by atoms with E-state index < -0.39 is 6.16 Å². The maximum absolute atomic E-state index is 11.9. The third kappa shape index (κ3) is 4.03. The van der Waals surface area contributed by atoms with E-state index in [1.807, 2.05) is 59.3 Å². The lowest BCUT2D eigenvalue weighted by Crippen LogP contribution is -2.12. The van der Waals surface area contributed by atoms with Crippen LogP contribution in [0.4, 0.5) is 4.79 Å². The molecule has 0 saturated carbocycles. The van der Waals surface area contributed by atoms with Crippen molar-refractivity contribution in [1.82, 2.24) is 19.5 Å². The summed E-state index contributed by atoms with van der Waals surface area (Å²) in [4.78, 5) is 25.8. The van der Waals surface area contributed by atoms with Crippen molar-refractivity contribution in [2.45, 2.75) is 19.8 Å². The van der Waals surface area contributed by atoms with E-state index in [0.29, 0.717) is 12.8 Å². The maximum atomic E-state index is 11.9. The summed E-state index contributed by atoms with van der Waals surface area (Å²) in [5.41, 5.74) is 5.49. The number of fused-ring (bicyclic) bond motifs is 5. The zero-order valence-corrected chi connectivity index (χ0v) is 18.3. The summed E-state index contributed by atoms with van der Waals surface area (Å²) in [5.74, 6) is 1.76. The number of ether oxygens (including phenoxy) is 3. The molecule has 0 unspecified atom stereocenters. The molecule has 0 saturated heterocycles. The zero-order chi connectivity index (χ0) is 22.8. The third-order valence-corrected chi connectivity index (χ3v) is 5.48. The van der Waals surface area contributed by atoms with Gasteiger partial charge in [-0.15, -0.1) is 0 Å². The highest BCUT2D eigenvalue weighted by Crippen LogP contribution is 2.36. The first-order valence-electron chi connectivity index (χ1n) is 10.6. The van der Waals surface area contributed by atoms with E-state index >= 15 is 0 Å². The van der Waals surface area contributed by atoms with Crippen LogP contribution in [0, 0.1) is 0 Å². The molecule has 0 atom stereocenters. The Morgan fingerprint density at radius 2 is 1.91 bits per heavy atom. The van der Waals surface area contributed by atoms with Gasteiger partial charge in [-0.25, -0.2) is 19.7 Å². The van der Waals surface area contributed by atoms with Crippen LogP contribution >= 0.6 is 0 Å². The molecule has 0 amide bonds. The average molecular weight is 442 g/mol. The SMILES string of the molecule is CCOC(=O)Oc1ncn2c1Cc1cnc(Cc3ccc(OC)cc3)nc1-c1ccccc1-2. The second-order valence-electron chi connectivity index (χ2n) is 7.53. The van der Waals surface area contributed by atoms with Gasteiger partial charge in [0.1, 0.15) is 17.9 Å². The topological polar surface area (TPSA) is 88.4 Å². The lowest BCUT2D eigenvalue weighted by atomic mass is 10.0. The monoisotopic (exact) mass is 442 g/mol. The molecule has 0 radical (unpaired) electrons. The van der Waals surface area contributed by atoms with E-state index in [9.17, 15) is 4.79 Å². The quantitative estimate of drug-likeness (QED) is 0.374. The van der Waals surface area contributed by atoms with E-state index in [1.165, 1.54) is 0 Å². The summed E-state index contributed by atoms with van der Waals surface area (Å²) >= 11 is 0. The van der Waals surface area contributed by atoms with Crippen LogP contribution < -0.4 is 9.47 Å². The molecule has 8 nitrogen and oxygen atoms in total. The van der Waals surface area contributed by atoms with E-state index in [-0.39, 0.29) is 12.5 Å². The van der Waals surface area contributed by atoms with Gasteiger partial charge in [0.2, 0.25) is 5.88 Å². The molecule has 0 spiro atoms. The predicted octanol–water partition coefficient (Wildman–Crippen LogP) is 4.37. The van der Waals surface area contributed by atoms with E-state index in [2.05, 4.69) is 9.97 Å². The molecule has 0 N–H and O–H groups in total. The molecule has 0 fully saturated rings. The van der Waals surface area contributed by atoms with Crippen molar-refractivity contribution in [3.63, 3.8) is 0 Å². The molecule has 8 heteroatoms. The summed E-state index contributed by atoms with van der Waals surface area (Å²) in [6, 6.07) is 15.8. The molecule has 3 heterocycles. The van der Waals surface area contributed by atoms with Crippen molar-refractivity contribution in [1.29, 1.82) is 0 Å². The Hall–Kier alpha value is -4.20. The van der Waals surface area contributed by atoms with Crippen LogP contribution in [0.15, 0.2) is 61.1 Å². The van der Waals surface area contributed by atoms with Crippen molar-refractivity contribution in [3.05, 3.63) is 83.7 Å².